The van der Waals surface area contributed by atoms with Gasteiger partial charge in [0.15, 0.2) is 0 Å². The third-order valence-electron chi connectivity index (χ3n) is 0. The van der Waals surface area contributed by atoms with E-state index in [1.54, 1.807) is 0 Å². The van der Waals surface area contributed by atoms with Crippen LogP contribution in [0.4, 0.5) is 0 Å². The molecule has 0 aliphatic heterocycles. The fourth-order valence-electron chi connectivity index (χ4n) is 0. The number of hydrogen-bond donors (Lipinski definition) is 3. The first-order valence-corrected chi connectivity index (χ1v) is 3.88. The van der Waals surface area contributed by atoms with Crippen molar-refractivity contribution in [1.29, 1.82) is 0 Å². The van der Waals surface area contributed by atoms with Crippen molar-refractivity contribution in [2.75, 3.05) is 6.54 Å². The molecule has 7 heavy (non-hydrogen) atoms. The summed E-state index contributed by atoms with van der Waals surface area (Å²) in [6.07, 6.45) is 0. The van der Waals surface area contributed by atoms with Gasteiger partial charge in [-0.1, -0.05) is 6.92 Å². The van der Waals surface area contributed by atoms with E-state index in [1.807, 2.05) is 6.92 Å². The molecule has 0 saturated heterocycles. The summed E-state index contributed by atoms with van der Waals surface area (Å²) in [4.78, 5) is 0. The maximum atomic E-state index is 8.76. The van der Waals surface area contributed by atoms with Crippen LogP contribution in [0.15, 0.2) is 0 Å². The summed E-state index contributed by atoms with van der Waals surface area (Å²) < 4.78 is 23.1. The van der Waals surface area contributed by atoms with Crippen LogP contribution in [0.3, 0.4) is 0 Å². The van der Waals surface area contributed by atoms with E-state index in [2.05, 4.69) is 0 Å². The Morgan fingerprint density at radius 1 is 1.71 bits per heavy atom. The summed E-state index contributed by atoms with van der Waals surface area (Å²) >= 11 is -3.29. The Bertz CT molecular complexity index is 44.2. The Kier molecular flexibility index (Phi) is 13.9. The van der Waals surface area contributed by atoms with Crippen LogP contribution in [-0.4, -0.2) is 29.4 Å². The van der Waals surface area contributed by atoms with Crippen LogP contribution in [0, 0.1) is 0 Å². The molecular weight excluding hydrogens is 165 g/mol. The average Bonchev–Trinajstić information content (AvgIpc) is 1.33. The molecule has 0 aromatic heterocycles. The molecule has 0 atom stereocenters. The van der Waals surface area contributed by atoms with Crippen molar-refractivity contribution >= 4 is 14.5 Å². The van der Waals surface area contributed by atoms with Crippen molar-refractivity contribution in [3.8, 4) is 0 Å². The monoisotopic (exact) mass is 175 g/mol. The molecule has 0 aliphatic carbocycles. The summed E-state index contributed by atoms with van der Waals surface area (Å²) in [6, 6.07) is 0. The summed E-state index contributed by atoms with van der Waals surface area (Å²) in [6.45, 7) is 2.65. The predicted octanol–water partition coefficient (Wildman–Crippen LogP) is -1.65. The average molecular weight is 174 g/mol. The normalized spacial score (nSPS) is 7.57. The molecule has 5 heteroatoms. The predicted molar refractivity (Wildman–Crippen MR) is 25.6 cm³/mol. The van der Waals surface area contributed by atoms with E-state index < -0.39 is 14.5 Å². The molecule has 4 nitrogen and oxygen atoms in total. The van der Waals surface area contributed by atoms with E-state index in [0.717, 1.165) is 6.54 Å². The summed E-state index contributed by atoms with van der Waals surface area (Å²) in [5.74, 6) is 0. The van der Waals surface area contributed by atoms with Crippen LogP contribution < -0.4 is 5.73 Å². The van der Waals surface area contributed by atoms with E-state index in [9.17, 15) is 0 Å². The molecule has 0 aromatic carbocycles. The number of hydrogen-bond acceptors (Lipinski definition) is 2. The zero-order valence-electron chi connectivity index (χ0n) is 4.00. The topological polar surface area (TPSA) is 83.6 Å². The van der Waals surface area contributed by atoms with Gasteiger partial charge < -0.3 is 5.73 Å². The van der Waals surface area contributed by atoms with Crippen LogP contribution >= 0.6 is 0 Å². The van der Waals surface area contributed by atoms with Gasteiger partial charge >= 0.3 is 26.7 Å². The second kappa shape index (κ2) is 9.50. The summed E-state index contributed by atoms with van der Waals surface area (Å²) in [7, 11) is 0. The van der Waals surface area contributed by atoms with E-state index in [4.69, 9.17) is 17.9 Å². The van der Waals surface area contributed by atoms with E-state index >= 15 is 0 Å². The number of nitrogens with two attached hydrogens (primary N) is 1. The summed E-state index contributed by atoms with van der Waals surface area (Å²) in [5.41, 5.74) is 4.85. The molecule has 0 bridgehead atoms. The third kappa shape index (κ3) is 2750. The molecule has 0 aliphatic rings. The van der Waals surface area contributed by atoms with Gasteiger partial charge in [0.1, 0.15) is 0 Å². The van der Waals surface area contributed by atoms with Crippen LogP contribution in [-0.2, 0) is 3.83 Å². The Hall–Kier alpha value is 0.199. The van der Waals surface area contributed by atoms with Crippen molar-refractivity contribution in [3.63, 3.8) is 0 Å². The van der Waals surface area contributed by atoms with Gasteiger partial charge in [0.2, 0.25) is 0 Å². The van der Waals surface area contributed by atoms with Gasteiger partial charge in [0.25, 0.3) is 0 Å². The minimum atomic E-state index is -3.29. The van der Waals surface area contributed by atoms with Crippen molar-refractivity contribution in [1.82, 2.24) is 0 Å². The zero-order chi connectivity index (χ0) is 6.28. The molecule has 0 fully saturated rings. The van der Waals surface area contributed by atoms with Crippen LogP contribution in [0.1, 0.15) is 6.92 Å². The van der Waals surface area contributed by atoms with Gasteiger partial charge in [-0.3, -0.25) is 0 Å². The number of rotatable bonds is 0. The molecule has 0 spiro atoms. The fourth-order valence-corrected chi connectivity index (χ4v) is 0. The first kappa shape index (κ1) is 10.2. The van der Waals surface area contributed by atoms with Gasteiger partial charge in [0.05, 0.1) is 0 Å². The molecule has 0 saturated carbocycles. The van der Waals surface area contributed by atoms with E-state index in [1.165, 1.54) is 0 Å². The minimum absolute atomic E-state index is 0.750. The van der Waals surface area contributed by atoms with Crippen molar-refractivity contribution in [2.45, 2.75) is 6.92 Å². The van der Waals surface area contributed by atoms with Crippen LogP contribution in [0.25, 0.3) is 0 Å². The molecular formula is C2H9NO3Se. The van der Waals surface area contributed by atoms with Gasteiger partial charge in [-0.25, -0.2) is 0 Å². The van der Waals surface area contributed by atoms with Crippen molar-refractivity contribution in [2.24, 2.45) is 5.73 Å². The molecule has 46 valence electrons. The first-order chi connectivity index (χ1) is 3.15. The third-order valence-corrected chi connectivity index (χ3v) is 0. The Labute approximate surface area is 46.7 Å². The second-order valence-corrected chi connectivity index (χ2v) is 1.61. The molecule has 0 heterocycles. The Balaban J connectivity index is 0. The van der Waals surface area contributed by atoms with E-state index in [0.29, 0.717) is 0 Å². The molecule has 0 unspecified atom stereocenters. The van der Waals surface area contributed by atoms with Crippen LogP contribution in [0.5, 0.6) is 0 Å². The Morgan fingerprint density at radius 2 is 1.71 bits per heavy atom. The van der Waals surface area contributed by atoms with Gasteiger partial charge in [-0.05, 0) is 6.54 Å². The van der Waals surface area contributed by atoms with Crippen molar-refractivity contribution < 1.29 is 12.2 Å². The maximum absolute atomic E-state index is 8.76. The van der Waals surface area contributed by atoms with Crippen molar-refractivity contribution in [3.05, 3.63) is 0 Å². The molecule has 0 radical (unpaired) electrons. The molecule has 0 amide bonds. The van der Waals surface area contributed by atoms with Gasteiger partial charge in [-0.15, -0.1) is 0 Å². The Morgan fingerprint density at radius 3 is 1.71 bits per heavy atom. The van der Waals surface area contributed by atoms with Gasteiger partial charge in [-0.2, -0.15) is 0 Å². The SMILES string of the molecule is CCN.O=[Se](O)O. The zero-order valence-corrected chi connectivity index (χ0v) is 5.71. The quantitative estimate of drug-likeness (QED) is 0.384. The van der Waals surface area contributed by atoms with Crippen LogP contribution in [0.2, 0.25) is 0 Å². The van der Waals surface area contributed by atoms with E-state index in [-0.39, 0.29) is 0 Å². The van der Waals surface area contributed by atoms with Gasteiger partial charge in [0, 0.05) is 0 Å². The first-order valence-electron chi connectivity index (χ1n) is 1.65. The molecule has 0 rings (SSSR count). The molecule has 4 N–H and O–H groups in total. The summed E-state index contributed by atoms with van der Waals surface area (Å²) in [5, 5.41) is 0. The standard InChI is InChI=1S/C2H7N.H2O3Se/c1-2-3;1-4(2)3/h2-3H2,1H3;(H2,1,2,3). The molecule has 0 aromatic rings. The fraction of sp³-hybridized carbons (Fsp3) is 1.00. The second-order valence-electron chi connectivity index (χ2n) is 0.639.